The van der Waals surface area contributed by atoms with Gasteiger partial charge < -0.3 is 10.6 Å². The highest BCUT2D eigenvalue weighted by Gasteiger charge is 2.36. The van der Waals surface area contributed by atoms with E-state index in [9.17, 15) is 4.79 Å². The molecule has 1 saturated carbocycles. The third-order valence-corrected chi connectivity index (χ3v) is 4.56. The van der Waals surface area contributed by atoms with Gasteiger partial charge in [-0.3, -0.25) is 9.69 Å². The van der Waals surface area contributed by atoms with Crippen molar-refractivity contribution in [2.75, 3.05) is 19.6 Å². The first-order valence-corrected chi connectivity index (χ1v) is 7.60. The summed E-state index contributed by atoms with van der Waals surface area (Å²) < 4.78 is 0. The molecule has 0 aromatic heterocycles. The molecule has 0 radical (unpaired) electrons. The molecule has 2 atom stereocenters. The normalized spacial score (nSPS) is 32.2. The third kappa shape index (κ3) is 3.04. The lowest BCUT2D eigenvalue weighted by Crippen LogP contribution is -2.47. The number of carbonyl (C=O) groups excluding carboxylic acids is 1. The highest BCUT2D eigenvalue weighted by atomic mass is 16.1. The lowest BCUT2D eigenvalue weighted by Gasteiger charge is -2.32. The van der Waals surface area contributed by atoms with Crippen molar-refractivity contribution in [2.24, 2.45) is 0 Å². The maximum atomic E-state index is 11.9. The average molecular weight is 251 g/mol. The van der Waals surface area contributed by atoms with E-state index in [1.807, 2.05) is 0 Å². The molecular weight excluding hydrogens is 226 g/mol. The van der Waals surface area contributed by atoms with Crippen molar-refractivity contribution in [1.82, 2.24) is 15.5 Å². The van der Waals surface area contributed by atoms with Crippen LogP contribution >= 0.6 is 0 Å². The Balaban J connectivity index is 1.39. The van der Waals surface area contributed by atoms with Gasteiger partial charge >= 0.3 is 0 Å². The van der Waals surface area contributed by atoms with Gasteiger partial charge in [-0.25, -0.2) is 0 Å². The van der Waals surface area contributed by atoms with Gasteiger partial charge in [0, 0.05) is 37.6 Å². The van der Waals surface area contributed by atoms with Crippen molar-refractivity contribution in [3.63, 3.8) is 0 Å². The van der Waals surface area contributed by atoms with Gasteiger partial charge in [0.25, 0.3) is 0 Å². The van der Waals surface area contributed by atoms with Crippen LogP contribution in [0.3, 0.4) is 0 Å². The largest absolute Gasteiger partial charge is 0.352 e. The molecule has 2 heterocycles. The van der Waals surface area contributed by atoms with Crippen LogP contribution in [0.4, 0.5) is 0 Å². The molecule has 4 heteroatoms. The number of carbonyl (C=O) groups is 1. The van der Waals surface area contributed by atoms with Crippen LogP contribution in [-0.4, -0.2) is 48.6 Å². The zero-order valence-corrected chi connectivity index (χ0v) is 11.2. The number of nitrogens with one attached hydrogen (secondary N) is 2. The highest BCUT2D eigenvalue weighted by molar-refractivity contribution is 5.76. The molecule has 3 rings (SSSR count). The average Bonchev–Trinajstić information content (AvgIpc) is 3.11. The predicted octanol–water partition coefficient (Wildman–Crippen LogP) is 0.872. The van der Waals surface area contributed by atoms with E-state index < -0.39 is 0 Å². The molecule has 3 aliphatic rings. The van der Waals surface area contributed by atoms with E-state index in [1.165, 1.54) is 45.2 Å². The SMILES string of the molecule is O=C(CCNC1CC1)NC1CCN2CCCCC12. The zero-order valence-electron chi connectivity index (χ0n) is 11.2. The fourth-order valence-corrected chi connectivity index (χ4v) is 3.37. The Bertz CT molecular complexity index is 303. The van der Waals surface area contributed by atoms with Gasteiger partial charge in [-0.15, -0.1) is 0 Å². The third-order valence-electron chi connectivity index (χ3n) is 4.56. The number of nitrogens with zero attached hydrogens (tertiary/aromatic N) is 1. The van der Waals surface area contributed by atoms with E-state index in [0.717, 1.165) is 13.0 Å². The van der Waals surface area contributed by atoms with Crippen LogP contribution < -0.4 is 10.6 Å². The minimum atomic E-state index is 0.237. The summed E-state index contributed by atoms with van der Waals surface area (Å²) in [6, 6.07) is 1.75. The Morgan fingerprint density at radius 3 is 2.83 bits per heavy atom. The number of piperidine rings is 1. The van der Waals surface area contributed by atoms with Crippen LogP contribution in [0.25, 0.3) is 0 Å². The van der Waals surface area contributed by atoms with Crippen molar-refractivity contribution in [2.45, 2.75) is 63.1 Å². The first kappa shape index (κ1) is 12.4. The summed E-state index contributed by atoms with van der Waals surface area (Å²) >= 11 is 0. The Morgan fingerprint density at radius 2 is 2.00 bits per heavy atom. The van der Waals surface area contributed by atoms with E-state index in [4.69, 9.17) is 0 Å². The second-order valence-corrected chi connectivity index (χ2v) is 6.04. The second kappa shape index (κ2) is 5.57. The van der Waals surface area contributed by atoms with Crippen molar-refractivity contribution in [1.29, 1.82) is 0 Å². The summed E-state index contributed by atoms with van der Waals surface area (Å²) in [6.45, 7) is 3.26. The van der Waals surface area contributed by atoms with Crippen LogP contribution in [0.1, 0.15) is 44.9 Å². The Kier molecular flexibility index (Phi) is 3.85. The molecule has 102 valence electrons. The van der Waals surface area contributed by atoms with E-state index in [0.29, 0.717) is 24.5 Å². The molecule has 4 nitrogen and oxygen atoms in total. The number of hydrogen-bond donors (Lipinski definition) is 2. The summed E-state index contributed by atoms with van der Waals surface area (Å²) in [5, 5.41) is 6.65. The molecule has 0 spiro atoms. The Labute approximate surface area is 109 Å². The van der Waals surface area contributed by atoms with Crippen LogP contribution in [-0.2, 0) is 4.79 Å². The van der Waals surface area contributed by atoms with Crippen LogP contribution in [0.5, 0.6) is 0 Å². The first-order valence-electron chi connectivity index (χ1n) is 7.60. The molecular formula is C14H25N3O. The van der Waals surface area contributed by atoms with Gasteiger partial charge in [-0.1, -0.05) is 6.42 Å². The molecule has 2 saturated heterocycles. The summed E-state index contributed by atoms with van der Waals surface area (Å²) in [5.74, 6) is 0.237. The molecule has 0 aromatic rings. The van der Waals surface area contributed by atoms with Gasteiger partial charge in [0.2, 0.25) is 5.91 Å². The molecule has 1 aliphatic carbocycles. The molecule has 0 aromatic carbocycles. The molecule has 1 amide bonds. The second-order valence-electron chi connectivity index (χ2n) is 6.04. The lowest BCUT2D eigenvalue weighted by molar-refractivity contribution is -0.121. The molecule has 2 aliphatic heterocycles. The number of amides is 1. The summed E-state index contributed by atoms with van der Waals surface area (Å²) in [5.41, 5.74) is 0. The molecule has 0 bridgehead atoms. The smallest absolute Gasteiger partial charge is 0.221 e. The minimum Gasteiger partial charge on any atom is -0.352 e. The quantitative estimate of drug-likeness (QED) is 0.762. The van der Waals surface area contributed by atoms with E-state index in [-0.39, 0.29) is 5.91 Å². The zero-order chi connectivity index (χ0) is 12.4. The molecule has 2 unspecified atom stereocenters. The number of hydrogen-bond acceptors (Lipinski definition) is 3. The predicted molar refractivity (Wildman–Crippen MR) is 71.4 cm³/mol. The minimum absolute atomic E-state index is 0.237. The standard InChI is InChI=1S/C14H25N3O/c18-14(6-8-15-11-4-5-11)16-12-7-10-17-9-2-1-3-13(12)17/h11-13,15H,1-10H2,(H,16,18). The monoisotopic (exact) mass is 251 g/mol. The van der Waals surface area contributed by atoms with Crippen LogP contribution in [0.15, 0.2) is 0 Å². The van der Waals surface area contributed by atoms with Crippen LogP contribution in [0.2, 0.25) is 0 Å². The van der Waals surface area contributed by atoms with E-state index >= 15 is 0 Å². The van der Waals surface area contributed by atoms with Gasteiger partial charge in [-0.2, -0.15) is 0 Å². The maximum Gasteiger partial charge on any atom is 0.221 e. The van der Waals surface area contributed by atoms with Crippen molar-refractivity contribution in [3.05, 3.63) is 0 Å². The first-order chi connectivity index (χ1) is 8.83. The van der Waals surface area contributed by atoms with Gasteiger partial charge in [-0.05, 0) is 38.6 Å². The van der Waals surface area contributed by atoms with Crippen LogP contribution in [0, 0.1) is 0 Å². The van der Waals surface area contributed by atoms with E-state index in [1.54, 1.807) is 0 Å². The van der Waals surface area contributed by atoms with Crippen molar-refractivity contribution >= 4 is 5.91 Å². The fraction of sp³-hybridized carbons (Fsp3) is 0.929. The maximum absolute atomic E-state index is 11.9. The van der Waals surface area contributed by atoms with Gasteiger partial charge in [0.1, 0.15) is 0 Å². The van der Waals surface area contributed by atoms with Crippen molar-refractivity contribution < 1.29 is 4.79 Å². The molecule has 18 heavy (non-hydrogen) atoms. The lowest BCUT2D eigenvalue weighted by atomic mass is 9.99. The summed E-state index contributed by atoms with van der Waals surface area (Å²) in [7, 11) is 0. The molecule has 2 N–H and O–H groups in total. The number of rotatable bonds is 5. The summed E-state index contributed by atoms with van der Waals surface area (Å²) in [6.07, 6.45) is 8.30. The van der Waals surface area contributed by atoms with Gasteiger partial charge in [0.05, 0.1) is 0 Å². The highest BCUT2D eigenvalue weighted by Crippen LogP contribution is 2.27. The van der Waals surface area contributed by atoms with E-state index in [2.05, 4.69) is 15.5 Å². The Morgan fingerprint density at radius 1 is 1.11 bits per heavy atom. The fourth-order valence-electron chi connectivity index (χ4n) is 3.37. The molecule has 3 fully saturated rings. The Hall–Kier alpha value is -0.610. The summed E-state index contributed by atoms with van der Waals surface area (Å²) in [4.78, 5) is 14.5. The van der Waals surface area contributed by atoms with Gasteiger partial charge in [0.15, 0.2) is 0 Å². The number of fused-ring (bicyclic) bond motifs is 1. The van der Waals surface area contributed by atoms with Crippen molar-refractivity contribution in [3.8, 4) is 0 Å². The topological polar surface area (TPSA) is 44.4 Å².